The molecule has 0 bridgehead atoms. The normalized spacial score (nSPS) is 13.1. The third-order valence-electron chi connectivity index (χ3n) is 1.38. The summed E-state index contributed by atoms with van der Waals surface area (Å²) in [5, 5.41) is 0. The van der Waals surface area contributed by atoms with E-state index in [0.717, 1.165) is 5.57 Å². The molecule has 0 aliphatic heterocycles. The van der Waals surface area contributed by atoms with Gasteiger partial charge in [-0.15, -0.1) is 5.73 Å². The van der Waals surface area contributed by atoms with Crippen molar-refractivity contribution in [2.75, 3.05) is 0 Å². The summed E-state index contributed by atoms with van der Waals surface area (Å²) >= 11 is 0. The summed E-state index contributed by atoms with van der Waals surface area (Å²) < 4.78 is 4.95. The fourth-order valence-corrected chi connectivity index (χ4v) is 0.836. The second-order valence-electron chi connectivity index (χ2n) is 2.48. The third kappa shape index (κ3) is 4.48. The number of hydrogen-bond acceptors (Lipinski definition) is 2. The minimum Gasteiger partial charge on any atom is -0.426 e. The molecular weight excluding hydrogens is 176 g/mol. The zero-order valence-corrected chi connectivity index (χ0v) is 9.13. The molecule has 0 fully saturated rings. The molecule has 0 aromatic heterocycles. The number of ether oxygens (including phenoxy) is 1. The molecule has 0 aromatic rings. The minimum absolute atomic E-state index is 0.302. The summed E-state index contributed by atoms with van der Waals surface area (Å²) in [4.78, 5) is 10.6. The number of rotatable bonds is 1. The van der Waals surface area contributed by atoms with Gasteiger partial charge in [-0.3, -0.25) is 4.79 Å². The molecule has 0 heterocycles. The van der Waals surface area contributed by atoms with Gasteiger partial charge in [0.25, 0.3) is 0 Å². The van der Waals surface area contributed by atoms with Crippen molar-refractivity contribution in [1.82, 2.24) is 0 Å². The molecule has 2 nitrogen and oxygen atoms in total. The van der Waals surface area contributed by atoms with E-state index in [1.165, 1.54) is 6.92 Å². The van der Waals surface area contributed by atoms with Crippen LogP contribution in [-0.4, -0.2) is 5.97 Å². The molecular formula is C12H16O2. The lowest BCUT2D eigenvalue weighted by Crippen LogP contribution is -1.98. The zero-order valence-electron chi connectivity index (χ0n) is 9.13. The van der Waals surface area contributed by atoms with Gasteiger partial charge in [-0.25, -0.2) is 0 Å². The monoisotopic (exact) mass is 192 g/mol. The average molecular weight is 192 g/mol. The minimum atomic E-state index is -0.302. The molecule has 1 aliphatic rings. The molecule has 1 aliphatic carbocycles. The SMILES string of the molecule is CC.CC(=O)OC1=C(C)C=C=CC=C1. The highest BCUT2D eigenvalue weighted by atomic mass is 16.5. The van der Waals surface area contributed by atoms with Crippen molar-refractivity contribution >= 4 is 5.97 Å². The average Bonchev–Trinajstić information content (AvgIpc) is 2.35. The smallest absolute Gasteiger partial charge is 0.308 e. The molecule has 76 valence electrons. The lowest BCUT2D eigenvalue weighted by atomic mass is 10.2. The van der Waals surface area contributed by atoms with Gasteiger partial charge < -0.3 is 4.74 Å². The van der Waals surface area contributed by atoms with Crippen LogP contribution in [0.4, 0.5) is 0 Å². The standard InChI is InChI=1S/C10H10O2.C2H6/c1-8-6-4-3-5-7-10(8)12-9(2)11;1-2/h3,5-7H,1-2H3;1-2H3. The van der Waals surface area contributed by atoms with Crippen molar-refractivity contribution < 1.29 is 9.53 Å². The second-order valence-corrected chi connectivity index (χ2v) is 2.48. The predicted octanol–water partition coefficient (Wildman–Crippen LogP) is 3.13. The van der Waals surface area contributed by atoms with Gasteiger partial charge >= 0.3 is 5.97 Å². The molecule has 0 spiro atoms. The highest BCUT2D eigenvalue weighted by Gasteiger charge is 2.01. The van der Waals surface area contributed by atoms with Crippen LogP contribution in [0.2, 0.25) is 0 Å². The summed E-state index contributed by atoms with van der Waals surface area (Å²) in [6.45, 7) is 7.25. The van der Waals surface area contributed by atoms with E-state index < -0.39 is 0 Å². The zero-order chi connectivity index (χ0) is 11.0. The largest absolute Gasteiger partial charge is 0.426 e. The number of carbonyl (C=O) groups excluding carboxylic acids is 1. The molecule has 0 amide bonds. The first-order valence-electron chi connectivity index (χ1n) is 4.68. The second kappa shape index (κ2) is 6.93. The van der Waals surface area contributed by atoms with Crippen molar-refractivity contribution in [1.29, 1.82) is 0 Å². The molecule has 2 heteroatoms. The van der Waals surface area contributed by atoms with Gasteiger partial charge in [-0.2, -0.15) is 0 Å². The quantitative estimate of drug-likeness (QED) is 0.471. The van der Waals surface area contributed by atoms with Gasteiger partial charge in [0.1, 0.15) is 5.76 Å². The third-order valence-corrected chi connectivity index (χ3v) is 1.38. The van der Waals surface area contributed by atoms with Gasteiger partial charge in [0.05, 0.1) is 0 Å². The van der Waals surface area contributed by atoms with Crippen molar-refractivity contribution in [2.24, 2.45) is 0 Å². The summed E-state index contributed by atoms with van der Waals surface area (Å²) in [5.74, 6) is 0.285. The van der Waals surface area contributed by atoms with Crippen LogP contribution >= 0.6 is 0 Å². The van der Waals surface area contributed by atoms with E-state index in [1.807, 2.05) is 20.8 Å². The molecule has 0 atom stereocenters. The molecule has 0 unspecified atom stereocenters. The maximum absolute atomic E-state index is 10.6. The van der Waals surface area contributed by atoms with Crippen molar-refractivity contribution in [3.05, 3.63) is 41.4 Å². The Morgan fingerprint density at radius 1 is 1.43 bits per heavy atom. The number of carbonyl (C=O) groups is 1. The van der Waals surface area contributed by atoms with Crippen LogP contribution in [0.1, 0.15) is 27.7 Å². The van der Waals surface area contributed by atoms with Gasteiger partial charge in [0.2, 0.25) is 0 Å². The highest BCUT2D eigenvalue weighted by Crippen LogP contribution is 2.11. The van der Waals surface area contributed by atoms with Gasteiger partial charge in [0.15, 0.2) is 0 Å². The highest BCUT2D eigenvalue weighted by molar-refractivity contribution is 5.68. The Hall–Kier alpha value is -1.53. The number of allylic oxidation sites excluding steroid dienone is 4. The molecule has 0 radical (unpaired) electrons. The van der Waals surface area contributed by atoms with E-state index in [4.69, 9.17) is 4.74 Å². The maximum atomic E-state index is 10.6. The summed E-state index contributed by atoms with van der Waals surface area (Å²) in [7, 11) is 0. The Bertz CT molecular complexity index is 313. The van der Waals surface area contributed by atoms with Gasteiger partial charge in [0, 0.05) is 6.92 Å². The van der Waals surface area contributed by atoms with E-state index in [2.05, 4.69) is 5.73 Å². The van der Waals surface area contributed by atoms with Gasteiger partial charge in [-0.05, 0) is 30.7 Å². The number of hydrogen-bond donors (Lipinski definition) is 0. The summed E-state index contributed by atoms with van der Waals surface area (Å²) in [6, 6.07) is 0. The van der Waals surface area contributed by atoms with E-state index >= 15 is 0 Å². The molecule has 0 aromatic carbocycles. The van der Waals surface area contributed by atoms with E-state index in [0.29, 0.717) is 5.76 Å². The topological polar surface area (TPSA) is 26.3 Å². The lowest BCUT2D eigenvalue weighted by Gasteiger charge is -2.02. The fraction of sp³-hybridized carbons (Fsp3) is 0.333. The Labute approximate surface area is 85.3 Å². The van der Waals surface area contributed by atoms with Crippen LogP contribution in [0, 0.1) is 0 Å². The van der Waals surface area contributed by atoms with Crippen LogP contribution in [0.15, 0.2) is 41.4 Å². The Kier molecular flexibility index (Phi) is 6.17. The van der Waals surface area contributed by atoms with Crippen molar-refractivity contribution in [3.63, 3.8) is 0 Å². The fourth-order valence-electron chi connectivity index (χ4n) is 0.836. The Morgan fingerprint density at radius 2 is 2.07 bits per heavy atom. The Balaban J connectivity index is 0.000000791. The Morgan fingerprint density at radius 3 is 2.64 bits per heavy atom. The molecule has 0 saturated heterocycles. The number of esters is 1. The van der Waals surface area contributed by atoms with E-state index in [1.54, 1.807) is 24.3 Å². The molecule has 0 saturated carbocycles. The van der Waals surface area contributed by atoms with Crippen molar-refractivity contribution in [2.45, 2.75) is 27.7 Å². The molecule has 14 heavy (non-hydrogen) atoms. The summed E-state index contributed by atoms with van der Waals surface area (Å²) in [6.07, 6.45) is 7.07. The van der Waals surface area contributed by atoms with Crippen LogP contribution in [-0.2, 0) is 9.53 Å². The van der Waals surface area contributed by atoms with Gasteiger partial charge in [-0.1, -0.05) is 19.9 Å². The predicted molar refractivity (Wildman–Crippen MR) is 57.6 cm³/mol. The van der Waals surface area contributed by atoms with Crippen molar-refractivity contribution in [3.8, 4) is 0 Å². The van der Waals surface area contributed by atoms with E-state index in [9.17, 15) is 4.79 Å². The first-order valence-corrected chi connectivity index (χ1v) is 4.68. The first kappa shape index (κ1) is 12.5. The lowest BCUT2D eigenvalue weighted by molar-refractivity contribution is -0.136. The molecule has 0 N–H and O–H groups in total. The van der Waals surface area contributed by atoms with E-state index in [-0.39, 0.29) is 5.97 Å². The van der Waals surface area contributed by atoms with Crippen LogP contribution in [0.3, 0.4) is 0 Å². The van der Waals surface area contributed by atoms with Crippen LogP contribution in [0.5, 0.6) is 0 Å². The van der Waals surface area contributed by atoms with Crippen LogP contribution in [0.25, 0.3) is 0 Å². The maximum Gasteiger partial charge on any atom is 0.308 e. The summed E-state index contributed by atoms with van der Waals surface area (Å²) in [5.41, 5.74) is 3.81. The van der Waals surface area contributed by atoms with Crippen LogP contribution < -0.4 is 0 Å². The molecule has 1 rings (SSSR count). The first-order chi connectivity index (χ1) is 6.70.